The van der Waals surface area contributed by atoms with Gasteiger partial charge in [0.15, 0.2) is 5.75 Å². The first kappa shape index (κ1) is 9.63. The van der Waals surface area contributed by atoms with E-state index in [0.717, 1.165) is 6.20 Å². The van der Waals surface area contributed by atoms with Gasteiger partial charge in [0, 0.05) is 6.20 Å². The normalized spacial score (nSPS) is 10.8. The third-order valence-electron chi connectivity index (χ3n) is 1.44. The molecule has 0 spiro atoms. The van der Waals surface area contributed by atoms with Crippen molar-refractivity contribution in [3.63, 3.8) is 0 Å². The van der Waals surface area contributed by atoms with E-state index in [-0.39, 0.29) is 14.9 Å². The highest BCUT2D eigenvalue weighted by Gasteiger charge is 2.16. The second-order valence-electron chi connectivity index (χ2n) is 2.26. The first-order chi connectivity index (χ1) is 5.54. The van der Waals surface area contributed by atoms with Gasteiger partial charge in [0.25, 0.3) is 6.43 Å². The highest BCUT2D eigenvalue weighted by atomic mass is 127. The van der Waals surface area contributed by atoms with Crippen LogP contribution in [0.5, 0.6) is 5.75 Å². The molecule has 0 unspecified atom stereocenters. The van der Waals surface area contributed by atoms with Crippen LogP contribution in [0, 0.1) is 10.5 Å². The molecule has 0 bridgehead atoms. The molecule has 0 aliphatic heterocycles. The smallest absolute Gasteiger partial charge is 0.266 e. The number of rotatable bonds is 1. The van der Waals surface area contributed by atoms with E-state index in [2.05, 4.69) is 4.98 Å². The van der Waals surface area contributed by atoms with Gasteiger partial charge >= 0.3 is 0 Å². The van der Waals surface area contributed by atoms with Gasteiger partial charge < -0.3 is 5.11 Å². The van der Waals surface area contributed by atoms with Gasteiger partial charge in [-0.25, -0.2) is 8.78 Å². The quantitative estimate of drug-likeness (QED) is 0.805. The molecule has 0 saturated heterocycles. The van der Waals surface area contributed by atoms with E-state index >= 15 is 0 Å². The van der Waals surface area contributed by atoms with Crippen molar-refractivity contribution in [2.45, 2.75) is 13.3 Å². The SMILES string of the molecule is Cc1ncc(C(F)F)c(I)c1O. The van der Waals surface area contributed by atoms with E-state index in [0.29, 0.717) is 5.69 Å². The van der Waals surface area contributed by atoms with Crippen LogP contribution in [-0.4, -0.2) is 10.1 Å². The highest BCUT2D eigenvalue weighted by molar-refractivity contribution is 14.1. The molecule has 0 atom stereocenters. The summed E-state index contributed by atoms with van der Waals surface area (Å²) < 4.78 is 24.5. The summed E-state index contributed by atoms with van der Waals surface area (Å²) in [5, 5.41) is 9.23. The van der Waals surface area contributed by atoms with Crippen LogP contribution in [0.4, 0.5) is 8.78 Å². The largest absolute Gasteiger partial charge is 0.505 e. The van der Waals surface area contributed by atoms with Crippen LogP contribution >= 0.6 is 22.6 Å². The Kier molecular flexibility index (Phi) is 2.81. The molecule has 1 aromatic rings. The van der Waals surface area contributed by atoms with Crippen molar-refractivity contribution in [3.8, 4) is 5.75 Å². The van der Waals surface area contributed by atoms with Crippen LogP contribution in [0.25, 0.3) is 0 Å². The third kappa shape index (κ3) is 1.65. The van der Waals surface area contributed by atoms with Crippen molar-refractivity contribution in [3.05, 3.63) is 21.0 Å². The lowest BCUT2D eigenvalue weighted by atomic mass is 10.2. The molecule has 0 aromatic carbocycles. The summed E-state index contributed by atoms with van der Waals surface area (Å²) in [6.45, 7) is 1.56. The number of nitrogens with zero attached hydrogens (tertiary/aromatic N) is 1. The summed E-state index contributed by atoms with van der Waals surface area (Å²) >= 11 is 1.68. The average Bonchev–Trinajstić information content (AvgIpc) is 2.00. The van der Waals surface area contributed by atoms with Crippen molar-refractivity contribution in [1.82, 2.24) is 4.98 Å². The minimum atomic E-state index is -2.59. The first-order valence-corrected chi connectivity index (χ1v) is 4.24. The van der Waals surface area contributed by atoms with Gasteiger partial charge in [0.05, 0.1) is 14.8 Å². The molecule has 66 valence electrons. The Morgan fingerprint density at radius 2 is 2.17 bits per heavy atom. The first-order valence-electron chi connectivity index (χ1n) is 3.16. The van der Waals surface area contributed by atoms with Gasteiger partial charge in [0.1, 0.15) is 0 Å². The Morgan fingerprint density at radius 3 is 2.67 bits per heavy atom. The Morgan fingerprint density at radius 1 is 1.58 bits per heavy atom. The molecule has 1 rings (SSSR count). The topological polar surface area (TPSA) is 33.1 Å². The molecule has 0 saturated carbocycles. The zero-order chi connectivity index (χ0) is 9.30. The van der Waals surface area contributed by atoms with Crippen molar-refractivity contribution in [1.29, 1.82) is 0 Å². The van der Waals surface area contributed by atoms with Crippen LogP contribution in [0.3, 0.4) is 0 Å². The van der Waals surface area contributed by atoms with Gasteiger partial charge in [-0.3, -0.25) is 4.98 Å². The molecule has 0 amide bonds. The lowest BCUT2D eigenvalue weighted by molar-refractivity contribution is 0.149. The molecule has 0 aliphatic rings. The second-order valence-corrected chi connectivity index (χ2v) is 3.34. The highest BCUT2D eigenvalue weighted by Crippen LogP contribution is 2.31. The minimum absolute atomic E-state index is 0.159. The summed E-state index contributed by atoms with van der Waals surface area (Å²) in [6.07, 6.45) is -1.50. The number of hydrogen-bond donors (Lipinski definition) is 1. The standard InChI is InChI=1S/C7H6F2INO/c1-3-6(12)5(10)4(2-11-3)7(8)9/h2,7,12H,1H3. The van der Waals surface area contributed by atoms with Crippen molar-refractivity contribution >= 4 is 22.6 Å². The van der Waals surface area contributed by atoms with E-state index < -0.39 is 6.43 Å². The minimum Gasteiger partial charge on any atom is -0.505 e. The molecule has 0 fully saturated rings. The van der Waals surface area contributed by atoms with E-state index in [1.807, 2.05) is 0 Å². The fraction of sp³-hybridized carbons (Fsp3) is 0.286. The Labute approximate surface area is 81.8 Å². The average molecular weight is 285 g/mol. The number of halogens is 3. The summed E-state index contributed by atoms with van der Waals surface area (Å²) in [5.74, 6) is -0.159. The van der Waals surface area contributed by atoms with Crippen LogP contribution in [-0.2, 0) is 0 Å². The fourth-order valence-corrected chi connectivity index (χ4v) is 1.50. The van der Waals surface area contributed by atoms with Crippen molar-refractivity contribution in [2.24, 2.45) is 0 Å². The van der Waals surface area contributed by atoms with Crippen LogP contribution in [0.2, 0.25) is 0 Å². The predicted molar refractivity (Wildman–Crippen MR) is 48.3 cm³/mol. The summed E-state index contributed by atoms with van der Waals surface area (Å²) in [4.78, 5) is 3.63. The lowest BCUT2D eigenvalue weighted by Crippen LogP contribution is -1.94. The summed E-state index contributed by atoms with van der Waals surface area (Å²) in [5.41, 5.74) is 0.141. The van der Waals surface area contributed by atoms with Crippen molar-refractivity contribution in [2.75, 3.05) is 0 Å². The maximum Gasteiger partial charge on any atom is 0.266 e. The molecular formula is C7H6F2INO. The Hall–Kier alpha value is -0.460. The molecule has 12 heavy (non-hydrogen) atoms. The van der Waals surface area contributed by atoms with Gasteiger partial charge in [-0.05, 0) is 29.5 Å². The number of hydrogen-bond acceptors (Lipinski definition) is 2. The van der Waals surface area contributed by atoms with Crippen LogP contribution in [0.15, 0.2) is 6.20 Å². The van der Waals surface area contributed by atoms with E-state index in [9.17, 15) is 13.9 Å². The summed E-state index contributed by atoms with van der Waals surface area (Å²) in [7, 11) is 0. The molecule has 1 heterocycles. The monoisotopic (exact) mass is 285 g/mol. The maximum atomic E-state index is 12.2. The lowest BCUT2D eigenvalue weighted by Gasteiger charge is -2.05. The molecule has 5 heteroatoms. The van der Waals surface area contributed by atoms with E-state index in [1.165, 1.54) is 0 Å². The van der Waals surface area contributed by atoms with Gasteiger partial charge in [0.2, 0.25) is 0 Å². The maximum absolute atomic E-state index is 12.2. The number of aromatic nitrogens is 1. The Balaban J connectivity index is 3.27. The number of aryl methyl sites for hydroxylation is 1. The molecule has 1 N–H and O–H groups in total. The third-order valence-corrected chi connectivity index (χ3v) is 2.57. The second kappa shape index (κ2) is 3.51. The van der Waals surface area contributed by atoms with Gasteiger partial charge in [-0.2, -0.15) is 0 Å². The Bertz CT molecular complexity index is 304. The number of pyridine rings is 1. The molecule has 2 nitrogen and oxygen atoms in total. The number of alkyl halides is 2. The zero-order valence-electron chi connectivity index (χ0n) is 6.18. The van der Waals surface area contributed by atoms with E-state index in [4.69, 9.17) is 0 Å². The summed E-state index contributed by atoms with van der Waals surface area (Å²) in [6, 6.07) is 0. The van der Waals surface area contributed by atoms with E-state index in [1.54, 1.807) is 29.5 Å². The van der Waals surface area contributed by atoms with Crippen LogP contribution in [0.1, 0.15) is 17.7 Å². The zero-order valence-corrected chi connectivity index (χ0v) is 8.34. The van der Waals surface area contributed by atoms with Crippen molar-refractivity contribution < 1.29 is 13.9 Å². The molecule has 0 radical (unpaired) electrons. The van der Waals surface area contributed by atoms with Gasteiger partial charge in [-0.15, -0.1) is 0 Å². The molecular weight excluding hydrogens is 279 g/mol. The predicted octanol–water partition coefficient (Wildman–Crippen LogP) is 2.64. The fourth-order valence-electron chi connectivity index (χ4n) is 0.732. The van der Waals surface area contributed by atoms with Gasteiger partial charge in [-0.1, -0.05) is 0 Å². The molecule has 0 aliphatic carbocycles. The molecule has 1 aromatic heterocycles. The van der Waals surface area contributed by atoms with Crippen LogP contribution < -0.4 is 0 Å². The number of aromatic hydroxyl groups is 1.